The van der Waals surface area contributed by atoms with Gasteiger partial charge in [-0.3, -0.25) is 9.59 Å². The van der Waals surface area contributed by atoms with Crippen molar-refractivity contribution < 1.29 is 9.59 Å². The Labute approximate surface area is 126 Å². The van der Waals surface area contributed by atoms with Gasteiger partial charge in [0.15, 0.2) is 0 Å². The van der Waals surface area contributed by atoms with Crippen molar-refractivity contribution in [3.63, 3.8) is 0 Å². The van der Waals surface area contributed by atoms with Crippen LogP contribution in [-0.4, -0.2) is 35.8 Å². The van der Waals surface area contributed by atoms with Crippen molar-refractivity contribution in [2.75, 3.05) is 13.1 Å². The quantitative estimate of drug-likeness (QED) is 0.922. The minimum absolute atomic E-state index is 0.0716. The number of hydrogen-bond donors (Lipinski definition) is 1. The van der Waals surface area contributed by atoms with Crippen LogP contribution in [-0.2, 0) is 15.0 Å². The summed E-state index contributed by atoms with van der Waals surface area (Å²) in [6.07, 6.45) is 1.33. The molecule has 1 aliphatic heterocycles. The lowest BCUT2D eigenvalue weighted by Gasteiger charge is -2.40. The maximum atomic E-state index is 12.1. The van der Waals surface area contributed by atoms with Crippen molar-refractivity contribution in [1.82, 2.24) is 10.2 Å². The van der Waals surface area contributed by atoms with E-state index in [0.717, 1.165) is 6.42 Å². The van der Waals surface area contributed by atoms with Crippen molar-refractivity contribution in [1.29, 1.82) is 0 Å². The molecule has 1 unspecified atom stereocenters. The number of benzene rings is 1. The molecular formula is C17H24N2O2. The van der Waals surface area contributed by atoms with E-state index in [4.69, 9.17) is 0 Å². The second-order valence-corrected chi connectivity index (χ2v) is 6.40. The number of carbonyl (C=O) groups is 2. The molecule has 1 aromatic carbocycles. The standard InChI is InChI=1S/C17H24N2O2/c1-13(2)18-15(20)11-19-12-17(3,10-9-16(19)21)14-7-5-4-6-8-14/h4-8,13H,9-12H2,1-3H3,(H,18,20). The smallest absolute Gasteiger partial charge is 0.239 e. The lowest BCUT2D eigenvalue weighted by atomic mass is 9.75. The number of rotatable bonds is 4. The van der Waals surface area contributed by atoms with Gasteiger partial charge in [0.05, 0.1) is 6.54 Å². The van der Waals surface area contributed by atoms with Crippen molar-refractivity contribution in [3.8, 4) is 0 Å². The molecule has 114 valence electrons. The zero-order valence-corrected chi connectivity index (χ0v) is 13.1. The molecule has 0 bridgehead atoms. The molecule has 0 radical (unpaired) electrons. The molecule has 1 aliphatic rings. The first-order valence-corrected chi connectivity index (χ1v) is 7.53. The Balaban J connectivity index is 2.09. The van der Waals surface area contributed by atoms with Crippen molar-refractivity contribution >= 4 is 11.8 Å². The van der Waals surface area contributed by atoms with Crippen LogP contribution in [0.25, 0.3) is 0 Å². The summed E-state index contributed by atoms with van der Waals surface area (Å²) in [5.41, 5.74) is 1.15. The lowest BCUT2D eigenvalue weighted by Crippen LogP contribution is -2.51. The molecule has 1 N–H and O–H groups in total. The van der Waals surface area contributed by atoms with Crippen LogP contribution in [0.3, 0.4) is 0 Å². The first-order chi connectivity index (χ1) is 9.90. The number of amides is 2. The van der Waals surface area contributed by atoms with Gasteiger partial charge < -0.3 is 10.2 Å². The molecule has 1 heterocycles. The molecule has 2 rings (SSSR count). The number of hydrogen-bond acceptors (Lipinski definition) is 2. The third-order valence-corrected chi connectivity index (χ3v) is 4.04. The molecule has 2 amide bonds. The van der Waals surface area contributed by atoms with E-state index in [-0.39, 0.29) is 29.8 Å². The van der Waals surface area contributed by atoms with Gasteiger partial charge in [-0.15, -0.1) is 0 Å². The molecule has 0 aromatic heterocycles. The van der Waals surface area contributed by atoms with E-state index in [1.165, 1.54) is 5.56 Å². The van der Waals surface area contributed by atoms with Gasteiger partial charge in [0.25, 0.3) is 0 Å². The lowest BCUT2D eigenvalue weighted by molar-refractivity contribution is -0.139. The first-order valence-electron chi connectivity index (χ1n) is 7.53. The topological polar surface area (TPSA) is 49.4 Å². The van der Waals surface area contributed by atoms with Gasteiger partial charge in [0, 0.05) is 24.4 Å². The Kier molecular flexibility index (Phi) is 4.66. The zero-order chi connectivity index (χ0) is 15.5. The molecule has 1 aromatic rings. The summed E-state index contributed by atoms with van der Waals surface area (Å²) in [6, 6.07) is 10.3. The number of carbonyl (C=O) groups excluding carboxylic acids is 2. The molecule has 0 spiro atoms. The van der Waals surface area contributed by atoms with Crippen LogP contribution in [0.4, 0.5) is 0 Å². The predicted molar refractivity (Wildman–Crippen MR) is 82.9 cm³/mol. The largest absolute Gasteiger partial charge is 0.352 e. The summed E-state index contributed by atoms with van der Waals surface area (Å²) in [5, 5.41) is 2.84. The third-order valence-electron chi connectivity index (χ3n) is 4.04. The second-order valence-electron chi connectivity index (χ2n) is 6.40. The summed E-state index contributed by atoms with van der Waals surface area (Å²) in [6.45, 7) is 6.76. The van der Waals surface area contributed by atoms with Gasteiger partial charge in [-0.1, -0.05) is 37.3 Å². The van der Waals surface area contributed by atoms with Crippen LogP contribution in [0.5, 0.6) is 0 Å². The molecule has 1 fully saturated rings. The minimum atomic E-state index is -0.0874. The maximum absolute atomic E-state index is 12.1. The van der Waals surface area contributed by atoms with Gasteiger partial charge in [-0.25, -0.2) is 0 Å². The maximum Gasteiger partial charge on any atom is 0.239 e. The van der Waals surface area contributed by atoms with Gasteiger partial charge >= 0.3 is 0 Å². The van der Waals surface area contributed by atoms with Gasteiger partial charge in [0.1, 0.15) is 0 Å². The van der Waals surface area contributed by atoms with Crippen LogP contribution >= 0.6 is 0 Å². The highest BCUT2D eigenvalue weighted by molar-refractivity contribution is 5.85. The minimum Gasteiger partial charge on any atom is -0.352 e. The average molecular weight is 288 g/mol. The number of likely N-dealkylation sites (tertiary alicyclic amines) is 1. The van der Waals surface area contributed by atoms with E-state index >= 15 is 0 Å². The number of piperidine rings is 1. The Morgan fingerprint density at radius 2 is 2.00 bits per heavy atom. The normalized spacial score (nSPS) is 22.5. The van der Waals surface area contributed by atoms with Crippen LogP contribution in [0.15, 0.2) is 30.3 Å². The predicted octanol–water partition coefficient (Wildman–Crippen LogP) is 2.09. The molecule has 4 heteroatoms. The van der Waals surface area contributed by atoms with E-state index in [1.807, 2.05) is 32.0 Å². The molecular weight excluding hydrogens is 264 g/mol. The fourth-order valence-electron chi connectivity index (χ4n) is 2.89. The summed E-state index contributed by atoms with van der Waals surface area (Å²) >= 11 is 0. The van der Waals surface area contributed by atoms with Crippen LogP contribution in [0.1, 0.15) is 39.2 Å². The molecule has 4 nitrogen and oxygen atoms in total. The van der Waals surface area contributed by atoms with Crippen LogP contribution in [0, 0.1) is 0 Å². The van der Waals surface area contributed by atoms with E-state index in [0.29, 0.717) is 13.0 Å². The molecule has 1 saturated heterocycles. The average Bonchev–Trinajstić information content (AvgIpc) is 2.43. The highest BCUT2D eigenvalue weighted by Gasteiger charge is 2.36. The Bertz CT molecular complexity index is 513. The highest BCUT2D eigenvalue weighted by atomic mass is 16.2. The second kappa shape index (κ2) is 6.29. The molecule has 1 atom stereocenters. The Hall–Kier alpha value is -1.84. The molecule has 0 saturated carbocycles. The van der Waals surface area contributed by atoms with Crippen LogP contribution < -0.4 is 5.32 Å². The molecule has 0 aliphatic carbocycles. The summed E-state index contributed by atoms with van der Waals surface area (Å²) < 4.78 is 0. The number of nitrogens with zero attached hydrogens (tertiary/aromatic N) is 1. The highest BCUT2D eigenvalue weighted by Crippen LogP contribution is 2.33. The summed E-state index contributed by atoms with van der Waals surface area (Å²) in [7, 11) is 0. The monoisotopic (exact) mass is 288 g/mol. The summed E-state index contributed by atoms with van der Waals surface area (Å²) in [5.74, 6) is -0.0158. The fourth-order valence-corrected chi connectivity index (χ4v) is 2.89. The van der Waals surface area contributed by atoms with Crippen molar-refractivity contribution in [2.24, 2.45) is 0 Å². The van der Waals surface area contributed by atoms with Gasteiger partial charge in [0.2, 0.25) is 11.8 Å². The van der Waals surface area contributed by atoms with Crippen molar-refractivity contribution in [3.05, 3.63) is 35.9 Å². The van der Waals surface area contributed by atoms with E-state index < -0.39 is 0 Å². The number of nitrogens with one attached hydrogen (secondary N) is 1. The Morgan fingerprint density at radius 3 is 2.62 bits per heavy atom. The van der Waals surface area contributed by atoms with Gasteiger partial charge in [-0.05, 0) is 25.8 Å². The van der Waals surface area contributed by atoms with Crippen LogP contribution in [0.2, 0.25) is 0 Å². The zero-order valence-electron chi connectivity index (χ0n) is 13.1. The third kappa shape index (κ3) is 3.84. The summed E-state index contributed by atoms with van der Waals surface area (Å²) in [4.78, 5) is 25.7. The van der Waals surface area contributed by atoms with Gasteiger partial charge in [-0.2, -0.15) is 0 Å². The fraction of sp³-hybridized carbons (Fsp3) is 0.529. The van der Waals surface area contributed by atoms with E-state index in [2.05, 4.69) is 24.4 Å². The molecule has 21 heavy (non-hydrogen) atoms. The Morgan fingerprint density at radius 1 is 1.33 bits per heavy atom. The van der Waals surface area contributed by atoms with E-state index in [9.17, 15) is 9.59 Å². The SMILES string of the molecule is CC(C)NC(=O)CN1CC(C)(c2ccccc2)CCC1=O. The first kappa shape index (κ1) is 15.5. The van der Waals surface area contributed by atoms with Crippen molar-refractivity contribution in [2.45, 2.75) is 45.1 Å². The van der Waals surface area contributed by atoms with E-state index in [1.54, 1.807) is 4.90 Å².